The molecule has 128 valence electrons. The molecule has 0 amide bonds. The number of nitrogens with zero attached hydrogens (tertiary/aromatic N) is 4. The Morgan fingerprint density at radius 1 is 1.25 bits per heavy atom. The maximum Gasteiger partial charge on any atom is 0.119 e. The van der Waals surface area contributed by atoms with Crippen LogP contribution in [0.4, 0.5) is 0 Å². The van der Waals surface area contributed by atoms with Gasteiger partial charge in [0.25, 0.3) is 0 Å². The summed E-state index contributed by atoms with van der Waals surface area (Å²) < 4.78 is 12.7. The maximum atomic E-state index is 5.56. The maximum absolute atomic E-state index is 5.56. The molecule has 2 aromatic rings. The summed E-state index contributed by atoms with van der Waals surface area (Å²) in [5.41, 5.74) is 2.89. The SMILES string of the molecule is CCOc1ccc(-n2nnc(CC(=S)N3CCOCC3)c2C)cc1. The highest BCUT2D eigenvalue weighted by Gasteiger charge is 2.17. The first-order valence-electron chi connectivity index (χ1n) is 8.19. The Kier molecular flexibility index (Phi) is 5.42. The smallest absolute Gasteiger partial charge is 0.119 e. The van der Waals surface area contributed by atoms with Gasteiger partial charge in [0.2, 0.25) is 0 Å². The number of hydrogen-bond donors (Lipinski definition) is 0. The number of benzene rings is 1. The third-order valence-corrected chi connectivity index (χ3v) is 4.47. The molecule has 0 saturated carbocycles. The van der Waals surface area contributed by atoms with Crippen LogP contribution in [0.25, 0.3) is 5.69 Å². The van der Waals surface area contributed by atoms with Gasteiger partial charge in [0.15, 0.2) is 0 Å². The average Bonchev–Trinajstić information content (AvgIpc) is 2.97. The van der Waals surface area contributed by atoms with Crippen molar-refractivity contribution in [2.75, 3.05) is 32.9 Å². The molecule has 0 atom stereocenters. The van der Waals surface area contributed by atoms with Crippen LogP contribution in [0, 0.1) is 6.92 Å². The zero-order chi connectivity index (χ0) is 16.9. The Bertz CT molecular complexity index is 693. The summed E-state index contributed by atoms with van der Waals surface area (Å²) in [7, 11) is 0. The Balaban J connectivity index is 1.72. The molecule has 1 aromatic heterocycles. The molecule has 2 heterocycles. The van der Waals surface area contributed by atoms with E-state index in [1.54, 1.807) is 0 Å². The summed E-state index contributed by atoms with van der Waals surface area (Å²) in [5.74, 6) is 0.854. The second kappa shape index (κ2) is 7.72. The van der Waals surface area contributed by atoms with Gasteiger partial charge in [0, 0.05) is 19.5 Å². The van der Waals surface area contributed by atoms with Gasteiger partial charge in [-0.25, -0.2) is 4.68 Å². The predicted molar refractivity (Wildman–Crippen MR) is 96.0 cm³/mol. The number of morpholine rings is 1. The molecular weight excluding hydrogens is 324 g/mol. The van der Waals surface area contributed by atoms with Crippen molar-refractivity contribution in [3.8, 4) is 11.4 Å². The number of ether oxygens (including phenoxy) is 2. The summed E-state index contributed by atoms with van der Waals surface area (Å²) in [5, 5.41) is 8.60. The van der Waals surface area contributed by atoms with Crippen LogP contribution in [0.3, 0.4) is 0 Å². The van der Waals surface area contributed by atoms with Crippen LogP contribution >= 0.6 is 12.2 Å². The molecular formula is C17H22N4O2S. The fourth-order valence-corrected chi connectivity index (χ4v) is 3.01. The van der Waals surface area contributed by atoms with Gasteiger partial charge in [-0.05, 0) is 38.1 Å². The Labute approximate surface area is 147 Å². The first-order chi connectivity index (χ1) is 11.7. The fourth-order valence-electron chi connectivity index (χ4n) is 2.69. The van der Waals surface area contributed by atoms with E-state index in [2.05, 4.69) is 15.2 Å². The van der Waals surface area contributed by atoms with Gasteiger partial charge in [0.1, 0.15) is 5.75 Å². The molecule has 0 radical (unpaired) electrons. The van der Waals surface area contributed by atoms with Crippen molar-refractivity contribution < 1.29 is 9.47 Å². The number of hydrogen-bond acceptors (Lipinski definition) is 5. The normalized spacial score (nSPS) is 14.7. The molecule has 6 nitrogen and oxygen atoms in total. The van der Waals surface area contributed by atoms with Gasteiger partial charge < -0.3 is 14.4 Å². The zero-order valence-electron chi connectivity index (χ0n) is 14.1. The van der Waals surface area contributed by atoms with Crippen molar-refractivity contribution in [3.05, 3.63) is 35.7 Å². The molecule has 24 heavy (non-hydrogen) atoms. The van der Waals surface area contributed by atoms with Crippen LogP contribution < -0.4 is 4.74 Å². The van der Waals surface area contributed by atoms with E-state index in [0.717, 1.165) is 54.1 Å². The highest BCUT2D eigenvalue weighted by molar-refractivity contribution is 7.80. The summed E-state index contributed by atoms with van der Waals surface area (Å²) in [4.78, 5) is 3.09. The molecule has 1 saturated heterocycles. The van der Waals surface area contributed by atoms with Gasteiger partial charge in [-0.2, -0.15) is 0 Å². The van der Waals surface area contributed by atoms with Gasteiger partial charge in [-0.3, -0.25) is 0 Å². The lowest BCUT2D eigenvalue weighted by molar-refractivity contribution is 0.0684. The second-order valence-electron chi connectivity index (χ2n) is 5.63. The van der Waals surface area contributed by atoms with E-state index in [0.29, 0.717) is 13.0 Å². The van der Waals surface area contributed by atoms with Gasteiger partial charge >= 0.3 is 0 Å². The summed E-state index contributed by atoms with van der Waals surface area (Å²) >= 11 is 5.56. The highest BCUT2D eigenvalue weighted by atomic mass is 32.1. The van der Waals surface area contributed by atoms with Crippen molar-refractivity contribution in [1.82, 2.24) is 19.9 Å². The molecule has 0 aliphatic carbocycles. The Hall–Kier alpha value is -1.99. The summed E-state index contributed by atoms with van der Waals surface area (Å²) in [6, 6.07) is 7.85. The zero-order valence-corrected chi connectivity index (χ0v) is 14.9. The second-order valence-corrected chi connectivity index (χ2v) is 6.10. The average molecular weight is 346 g/mol. The van der Waals surface area contributed by atoms with E-state index in [4.69, 9.17) is 21.7 Å². The summed E-state index contributed by atoms with van der Waals surface area (Å²) in [6.45, 7) is 7.82. The largest absolute Gasteiger partial charge is 0.494 e. The van der Waals surface area contributed by atoms with E-state index in [1.807, 2.05) is 42.8 Å². The molecule has 7 heteroatoms. The standard InChI is InChI=1S/C17H22N4O2S/c1-3-23-15-6-4-14(5-7-15)21-13(2)16(18-19-21)12-17(24)20-8-10-22-11-9-20/h4-7H,3,8-12H2,1-2H3. The molecule has 1 fully saturated rings. The van der Waals surface area contributed by atoms with Crippen LogP contribution in [-0.2, 0) is 11.2 Å². The lowest BCUT2D eigenvalue weighted by Gasteiger charge is -2.28. The van der Waals surface area contributed by atoms with Crippen LogP contribution in [-0.4, -0.2) is 57.8 Å². The minimum Gasteiger partial charge on any atom is -0.494 e. The fraction of sp³-hybridized carbons (Fsp3) is 0.471. The van der Waals surface area contributed by atoms with Gasteiger partial charge in [-0.15, -0.1) is 5.10 Å². The number of rotatable bonds is 5. The molecule has 0 bridgehead atoms. The Morgan fingerprint density at radius 2 is 1.96 bits per heavy atom. The highest BCUT2D eigenvalue weighted by Crippen LogP contribution is 2.18. The molecule has 1 aromatic carbocycles. The topological polar surface area (TPSA) is 52.4 Å². The first kappa shape index (κ1) is 16.9. The van der Waals surface area contributed by atoms with Gasteiger partial charge in [-0.1, -0.05) is 17.4 Å². The lowest BCUT2D eigenvalue weighted by Crippen LogP contribution is -2.40. The molecule has 0 unspecified atom stereocenters. The van der Waals surface area contributed by atoms with Crippen molar-refractivity contribution in [2.45, 2.75) is 20.3 Å². The third kappa shape index (κ3) is 3.73. The van der Waals surface area contributed by atoms with Crippen molar-refractivity contribution in [1.29, 1.82) is 0 Å². The van der Waals surface area contributed by atoms with Crippen LogP contribution in [0.2, 0.25) is 0 Å². The quantitative estimate of drug-likeness (QED) is 0.774. The van der Waals surface area contributed by atoms with E-state index >= 15 is 0 Å². The minimum absolute atomic E-state index is 0.637. The van der Waals surface area contributed by atoms with Gasteiger partial charge in [0.05, 0.1) is 41.9 Å². The van der Waals surface area contributed by atoms with Crippen LogP contribution in [0.5, 0.6) is 5.75 Å². The molecule has 1 aliphatic rings. The summed E-state index contributed by atoms with van der Waals surface area (Å²) in [6.07, 6.45) is 0.637. The van der Waals surface area contributed by atoms with Crippen molar-refractivity contribution in [3.63, 3.8) is 0 Å². The van der Waals surface area contributed by atoms with E-state index in [1.165, 1.54) is 0 Å². The lowest BCUT2D eigenvalue weighted by atomic mass is 10.2. The minimum atomic E-state index is 0.637. The first-order valence-corrected chi connectivity index (χ1v) is 8.59. The van der Waals surface area contributed by atoms with E-state index in [-0.39, 0.29) is 0 Å². The van der Waals surface area contributed by atoms with Crippen molar-refractivity contribution >= 4 is 17.2 Å². The Morgan fingerprint density at radius 3 is 2.62 bits per heavy atom. The van der Waals surface area contributed by atoms with Crippen LogP contribution in [0.1, 0.15) is 18.3 Å². The molecule has 0 spiro atoms. The van der Waals surface area contributed by atoms with E-state index in [9.17, 15) is 0 Å². The molecule has 3 rings (SSSR count). The number of aromatic nitrogens is 3. The monoisotopic (exact) mass is 346 g/mol. The van der Waals surface area contributed by atoms with E-state index < -0.39 is 0 Å². The predicted octanol–water partition coefficient (Wildman–Crippen LogP) is 2.18. The molecule has 1 aliphatic heterocycles. The van der Waals surface area contributed by atoms with Crippen LogP contribution in [0.15, 0.2) is 24.3 Å². The molecule has 0 N–H and O–H groups in total. The third-order valence-electron chi connectivity index (χ3n) is 4.06. The van der Waals surface area contributed by atoms with Crippen molar-refractivity contribution in [2.24, 2.45) is 0 Å². The number of thiocarbonyl (C=S) groups is 1.